The lowest BCUT2D eigenvalue weighted by molar-refractivity contribution is 0.238. The molecule has 1 aliphatic carbocycles. The summed E-state index contributed by atoms with van der Waals surface area (Å²) >= 11 is 1.20. The van der Waals surface area contributed by atoms with Crippen LogP contribution in [-0.2, 0) is 6.54 Å². The number of hydrogen-bond acceptors (Lipinski definition) is 4. The zero-order valence-electron chi connectivity index (χ0n) is 8.01. The molecule has 1 aromatic rings. The third-order valence-corrected chi connectivity index (χ3v) is 3.43. The Bertz CT molecular complexity index is 353. The highest BCUT2D eigenvalue weighted by molar-refractivity contribution is 7.07. The molecule has 2 rings (SSSR count). The van der Waals surface area contributed by atoms with Gasteiger partial charge in [0.1, 0.15) is 0 Å². The van der Waals surface area contributed by atoms with Crippen molar-refractivity contribution in [3.05, 3.63) is 20.7 Å². The van der Waals surface area contributed by atoms with Gasteiger partial charge in [-0.05, 0) is 19.3 Å². The lowest BCUT2D eigenvalue weighted by Crippen LogP contribution is -2.53. The Morgan fingerprint density at radius 2 is 2.43 bits per heavy atom. The predicted molar refractivity (Wildman–Crippen MR) is 57.4 cm³/mol. The van der Waals surface area contributed by atoms with Crippen LogP contribution in [0.25, 0.3) is 0 Å². The SMILES string of the molecule is NC1(CNCc2csc(=O)[nH]2)CCC1. The Hall–Kier alpha value is -0.650. The summed E-state index contributed by atoms with van der Waals surface area (Å²) in [4.78, 5) is 13.6. The summed E-state index contributed by atoms with van der Waals surface area (Å²) in [6, 6.07) is 0. The van der Waals surface area contributed by atoms with Crippen molar-refractivity contribution in [2.24, 2.45) is 5.73 Å². The third kappa shape index (κ3) is 2.23. The summed E-state index contributed by atoms with van der Waals surface area (Å²) in [5, 5.41) is 5.12. The number of nitrogens with one attached hydrogen (secondary N) is 2. The molecule has 0 atom stereocenters. The van der Waals surface area contributed by atoms with Gasteiger partial charge in [0.05, 0.1) is 0 Å². The lowest BCUT2D eigenvalue weighted by atomic mass is 9.78. The summed E-state index contributed by atoms with van der Waals surface area (Å²) in [6.45, 7) is 1.54. The van der Waals surface area contributed by atoms with E-state index in [9.17, 15) is 4.79 Å². The van der Waals surface area contributed by atoms with Crippen LogP contribution < -0.4 is 15.9 Å². The number of H-pyrrole nitrogens is 1. The van der Waals surface area contributed by atoms with Crippen LogP contribution in [0.1, 0.15) is 25.0 Å². The fraction of sp³-hybridized carbons (Fsp3) is 0.667. The Morgan fingerprint density at radius 3 is 2.93 bits per heavy atom. The van der Waals surface area contributed by atoms with Gasteiger partial charge in [-0.3, -0.25) is 4.79 Å². The minimum atomic E-state index is 0.00732. The molecule has 1 aliphatic rings. The summed E-state index contributed by atoms with van der Waals surface area (Å²) in [5.41, 5.74) is 7.00. The Labute approximate surface area is 86.5 Å². The molecule has 14 heavy (non-hydrogen) atoms. The Morgan fingerprint density at radius 1 is 1.64 bits per heavy atom. The smallest absolute Gasteiger partial charge is 0.304 e. The molecule has 78 valence electrons. The first-order valence-corrected chi connectivity index (χ1v) is 5.72. The first-order valence-electron chi connectivity index (χ1n) is 4.84. The number of rotatable bonds is 4. The molecule has 0 unspecified atom stereocenters. The van der Waals surface area contributed by atoms with Crippen LogP contribution in [0, 0.1) is 0 Å². The molecule has 0 spiro atoms. The van der Waals surface area contributed by atoms with Gasteiger partial charge in [0, 0.05) is 29.7 Å². The topological polar surface area (TPSA) is 70.9 Å². The Kier molecular flexibility index (Phi) is 2.71. The van der Waals surface area contributed by atoms with Gasteiger partial charge >= 0.3 is 4.87 Å². The van der Waals surface area contributed by atoms with Crippen LogP contribution in [0.5, 0.6) is 0 Å². The van der Waals surface area contributed by atoms with E-state index in [2.05, 4.69) is 10.3 Å². The summed E-state index contributed by atoms with van der Waals surface area (Å²) < 4.78 is 0. The minimum absolute atomic E-state index is 0.00732. The highest BCUT2D eigenvalue weighted by atomic mass is 32.1. The molecule has 1 aromatic heterocycles. The molecule has 5 heteroatoms. The maximum Gasteiger partial charge on any atom is 0.304 e. The van der Waals surface area contributed by atoms with Crippen LogP contribution in [0.15, 0.2) is 10.2 Å². The monoisotopic (exact) mass is 213 g/mol. The van der Waals surface area contributed by atoms with Crippen molar-refractivity contribution in [2.75, 3.05) is 6.54 Å². The van der Waals surface area contributed by atoms with E-state index in [-0.39, 0.29) is 10.4 Å². The summed E-state index contributed by atoms with van der Waals surface area (Å²) in [7, 11) is 0. The average Bonchev–Trinajstić information content (AvgIpc) is 2.49. The highest BCUT2D eigenvalue weighted by Crippen LogP contribution is 2.27. The van der Waals surface area contributed by atoms with Gasteiger partial charge in [-0.25, -0.2) is 0 Å². The molecule has 4 nitrogen and oxygen atoms in total. The molecule has 0 aromatic carbocycles. The Balaban J connectivity index is 1.75. The van der Waals surface area contributed by atoms with Crippen molar-refractivity contribution in [2.45, 2.75) is 31.3 Å². The number of aromatic nitrogens is 1. The van der Waals surface area contributed by atoms with E-state index in [4.69, 9.17) is 5.73 Å². The molecule has 0 saturated heterocycles. The van der Waals surface area contributed by atoms with E-state index in [1.165, 1.54) is 17.8 Å². The van der Waals surface area contributed by atoms with Crippen molar-refractivity contribution in [1.29, 1.82) is 0 Å². The second-order valence-corrected chi connectivity index (χ2v) is 4.84. The zero-order chi connectivity index (χ0) is 10.0. The molecule has 0 radical (unpaired) electrons. The van der Waals surface area contributed by atoms with Crippen molar-refractivity contribution in [3.8, 4) is 0 Å². The first-order chi connectivity index (χ1) is 6.68. The number of hydrogen-bond donors (Lipinski definition) is 3. The largest absolute Gasteiger partial charge is 0.324 e. The van der Waals surface area contributed by atoms with E-state index in [1.54, 1.807) is 0 Å². The van der Waals surface area contributed by atoms with Crippen LogP contribution in [0.4, 0.5) is 0 Å². The normalized spacial score (nSPS) is 19.2. The fourth-order valence-corrected chi connectivity index (χ4v) is 2.24. The van der Waals surface area contributed by atoms with Crippen LogP contribution in [0.3, 0.4) is 0 Å². The summed E-state index contributed by atoms with van der Waals surface area (Å²) in [6.07, 6.45) is 3.47. The van der Waals surface area contributed by atoms with Crippen LogP contribution in [-0.4, -0.2) is 17.1 Å². The number of thiazole rings is 1. The van der Waals surface area contributed by atoms with Gasteiger partial charge in [0.25, 0.3) is 0 Å². The standard InChI is InChI=1S/C9H15N3OS/c10-9(2-1-3-9)6-11-4-7-5-14-8(13)12-7/h5,11H,1-4,6,10H2,(H,12,13). The molecule has 0 amide bonds. The fourth-order valence-electron chi connectivity index (χ4n) is 1.65. The van der Waals surface area contributed by atoms with E-state index in [0.29, 0.717) is 6.54 Å². The highest BCUT2D eigenvalue weighted by Gasteiger charge is 2.31. The van der Waals surface area contributed by atoms with Gasteiger partial charge in [-0.2, -0.15) is 0 Å². The molecular formula is C9H15N3OS. The van der Waals surface area contributed by atoms with Gasteiger partial charge in [0.15, 0.2) is 0 Å². The summed E-state index contributed by atoms with van der Waals surface area (Å²) in [5.74, 6) is 0. The van der Waals surface area contributed by atoms with Gasteiger partial charge in [-0.1, -0.05) is 11.3 Å². The zero-order valence-corrected chi connectivity index (χ0v) is 8.82. The maximum absolute atomic E-state index is 10.8. The predicted octanol–water partition coefficient (Wildman–Crippen LogP) is 0.407. The minimum Gasteiger partial charge on any atom is -0.324 e. The van der Waals surface area contributed by atoms with Gasteiger partial charge < -0.3 is 16.0 Å². The molecule has 0 bridgehead atoms. The molecule has 4 N–H and O–H groups in total. The van der Waals surface area contributed by atoms with E-state index in [0.717, 1.165) is 25.1 Å². The second kappa shape index (κ2) is 3.84. The second-order valence-electron chi connectivity index (χ2n) is 3.99. The van der Waals surface area contributed by atoms with Gasteiger partial charge in [0.2, 0.25) is 0 Å². The number of aromatic amines is 1. The third-order valence-electron chi connectivity index (χ3n) is 2.71. The molecule has 1 saturated carbocycles. The maximum atomic E-state index is 10.8. The van der Waals surface area contributed by atoms with Crippen molar-refractivity contribution < 1.29 is 0 Å². The molecule has 1 heterocycles. The first kappa shape index (κ1) is 9.89. The average molecular weight is 213 g/mol. The van der Waals surface area contributed by atoms with Gasteiger partial charge in [-0.15, -0.1) is 0 Å². The number of nitrogens with two attached hydrogens (primary N) is 1. The van der Waals surface area contributed by atoms with E-state index in [1.807, 2.05) is 5.38 Å². The van der Waals surface area contributed by atoms with E-state index >= 15 is 0 Å². The molecule has 0 aliphatic heterocycles. The van der Waals surface area contributed by atoms with Crippen LogP contribution in [0.2, 0.25) is 0 Å². The quantitative estimate of drug-likeness (QED) is 0.678. The van der Waals surface area contributed by atoms with E-state index < -0.39 is 0 Å². The van der Waals surface area contributed by atoms with Crippen molar-refractivity contribution in [1.82, 2.24) is 10.3 Å². The molecule has 1 fully saturated rings. The van der Waals surface area contributed by atoms with Crippen LogP contribution >= 0.6 is 11.3 Å². The lowest BCUT2D eigenvalue weighted by Gasteiger charge is -2.38. The van der Waals surface area contributed by atoms with Crippen molar-refractivity contribution in [3.63, 3.8) is 0 Å². The van der Waals surface area contributed by atoms with Crippen molar-refractivity contribution >= 4 is 11.3 Å². The molecular weight excluding hydrogens is 198 g/mol.